The van der Waals surface area contributed by atoms with Crippen LogP contribution in [0.4, 0.5) is 5.95 Å². The SMILES string of the molecule is COc1cccc2c(C3(c4ccc(-c5cnc(N)nc5)cc4)CCC3)c[nH]c12. The molecule has 140 valence electrons. The number of para-hydroxylation sites is 1. The summed E-state index contributed by atoms with van der Waals surface area (Å²) in [5.41, 5.74) is 11.5. The lowest BCUT2D eigenvalue weighted by Crippen LogP contribution is -2.35. The van der Waals surface area contributed by atoms with Crippen LogP contribution in [0.1, 0.15) is 30.4 Å². The Morgan fingerprint density at radius 1 is 1.00 bits per heavy atom. The van der Waals surface area contributed by atoms with E-state index in [9.17, 15) is 0 Å². The maximum Gasteiger partial charge on any atom is 0.219 e. The predicted octanol–water partition coefficient (Wildman–Crippen LogP) is 4.69. The predicted molar refractivity (Wildman–Crippen MR) is 111 cm³/mol. The first kappa shape index (κ1) is 16.8. The zero-order chi connectivity index (χ0) is 19.1. The highest BCUT2D eigenvalue weighted by Gasteiger charge is 2.42. The number of nitrogens with one attached hydrogen (secondary N) is 1. The van der Waals surface area contributed by atoms with E-state index in [1.807, 2.05) is 6.07 Å². The number of ether oxygens (including phenoxy) is 1. The van der Waals surface area contributed by atoms with Crippen molar-refractivity contribution in [2.45, 2.75) is 24.7 Å². The van der Waals surface area contributed by atoms with Crippen LogP contribution in [0, 0.1) is 0 Å². The molecule has 28 heavy (non-hydrogen) atoms. The summed E-state index contributed by atoms with van der Waals surface area (Å²) in [4.78, 5) is 11.6. The molecule has 1 aliphatic rings. The first-order valence-corrected chi connectivity index (χ1v) is 9.54. The van der Waals surface area contributed by atoms with Crippen LogP contribution < -0.4 is 10.5 Å². The van der Waals surface area contributed by atoms with E-state index in [2.05, 4.69) is 57.5 Å². The highest BCUT2D eigenvalue weighted by molar-refractivity contribution is 5.90. The number of hydrogen-bond donors (Lipinski definition) is 2. The van der Waals surface area contributed by atoms with Crippen LogP contribution in [-0.2, 0) is 5.41 Å². The lowest BCUT2D eigenvalue weighted by atomic mass is 9.60. The van der Waals surface area contributed by atoms with Crippen LogP contribution in [0.3, 0.4) is 0 Å². The van der Waals surface area contributed by atoms with Crippen molar-refractivity contribution in [2.24, 2.45) is 0 Å². The molecule has 0 saturated heterocycles. The van der Waals surface area contributed by atoms with Gasteiger partial charge in [-0.15, -0.1) is 0 Å². The second kappa shape index (κ2) is 6.37. The lowest BCUT2D eigenvalue weighted by Gasteiger charge is -2.42. The highest BCUT2D eigenvalue weighted by atomic mass is 16.5. The van der Waals surface area contributed by atoms with Gasteiger partial charge in [-0.05, 0) is 35.6 Å². The number of aromatic amines is 1. The molecule has 2 heterocycles. The summed E-state index contributed by atoms with van der Waals surface area (Å²) in [5.74, 6) is 1.18. The number of fused-ring (bicyclic) bond motifs is 1. The molecule has 5 heteroatoms. The van der Waals surface area contributed by atoms with Gasteiger partial charge in [0.15, 0.2) is 0 Å². The second-order valence-corrected chi connectivity index (χ2v) is 7.43. The lowest BCUT2D eigenvalue weighted by molar-refractivity contribution is 0.304. The van der Waals surface area contributed by atoms with Crippen LogP contribution in [-0.4, -0.2) is 22.1 Å². The maximum absolute atomic E-state index is 5.60. The van der Waals surface area contributed by atoms with E-state index in [1.165, 1.54) is 22.9 Å². The average Bonchev–Trinajstić information content (AvgIpc) is 3.13. The standard InChI is InChI=1S/C23H22N4O/c1-28-20-5-2-4-18-19(14-25-21(18)20)23(10-3-11-23)17-8-6-15(7-9-17)16-12-26-22(24)27-13-16/h2,4-9,12-14,25H,3,10-11H2,1H3,(H2,24,26,27). The molecule has 0 atom stereocenters. The number of methoxy groups -OCH3 is 1. The minimum absolute atomic E-state index is 0.0563. The second-order valence-electron chi connectivity index (χ2n) is 7.43. The average molecular weight is 370 g/mol. The number of nitrogens with two attached hydrogens (primary N) is 1. The molecular formula is C23H22N4O. The molecule has 3 N–H and O–H groups in total. The molecule has 0 amide bonds. The molecule has 0 aliphatic heterocycles. The Bertz CT molecular complexity index is 1130. The van der Waals surface area contributed by atoms with Crippen LogP contribution >= 0.6 is 0 Å². The van der Waals surface area contributed by atoms with Gasteiger partial charge in [0.25, 0.3) is 0 Å². The van der Waals surface area contributed by atoms with Gasteiger partial charge in [0, 0.05) is 35.0 Å². The van der Waals surface area contributed by atoms with Crippen LogP contribution in [0.5, 0.6) is 5.75 Å². The molecule has 4 aromatic rings. The van der Waals surface area contributed by atoms with Crippen molar-refractivity contribution in [3.63, 3.8) is 0 Å². The fraction of sp³-hybridized carbons (Fsp3) is 0.217. The molecular weight excluding hydrogens is 348 g/mol. The quantitative estimate of drug-likeness (QED) is 0.546. The molecule has 0 unspecified atom stereocenters. The number of hydrogen-bond acceptors (Lipinski definition) is 4. The Labute approximate surface area is 163 Å². The summed E-state index contributed by atoms with van der Waals surface area (Å²) in [6.45, 7) is 0. The van der Waals surface area contributed by atoms with Gasteiger partial charge in [0.05, 0.1) is 12.6 Å². The van der Waals surface area contributed by atoms with Crippen LogP contribution in [0.2, 0.25) is 0 Å². The fourth-order valence-corrected chi connectivity index (χ4v) is 4.41. The van der Waals surface area contributed by atoms with E-state index in [0.717, 1.165) is 35.2 Å². The van der Waals surface area contributed by atoms with E-state index >= 15 is 0 Å². The number of rotatable bonds is 4. The molecule has 0 radical (unpaired) electrons. The van der Waals surface area contributed by atoms with Gasteiger partial charge >= 0.3 is 0 Å². The summed E-state index contributed by atoms with van der Waals surface area (Å²) in [6, 6.07) is 15.0. The number of H-pyrrole nitrogens is 1. The Hall–Kier alpha value is -3.34. The van der Waals surface area contributed by atoms with Crippen molar-refractivity contribution in [1.82, 2.24) is 15.0 Å². The number of aromatic nitrogens is 3. The Balaban J connectivity index is 1.56. The Morgan fingerprint density at radius 2 is 1.75 bits per heavy atom. The van der Waals surface area contributed by atoms with Crippen molar-refractivity contribution in [2.75, 3.05) is 12.8 Å². The van der Waals surface area contributed by atoms with E-state index in [4.69, 9.17) is 10.5 Å². The third kappa shape index (κ3) is 2.47. The number of anilines is 1. The Morgan fingerprint density at radius 3 is 2.39 bits per heavy atom. The molecule has 1 aliphatic carbocycles. The third-order valence-corrected chi connectivity index (χ3v) is 6.06. The Kier molecular flexibility index (Phi) is 3.83. The smallest absolute Gasteiger partial charge is 0.219 e. The summed E-state index contributed by atoms with van der Waals surface area (Å²) in [7, 11) is 1.72. The van der Waals surface area contributed by atoms with E-state index < -0.39 is 0 Å². The normalized spacial score (nSPS) is 15.3. The molecule has 2 aromatic heterocycles. The topological polar surface area (TPSA) is 76.8 Å². The molecule has 5 nitrogen and oxygen atoms in total. The minimum atomic E-state index is 0.0563. The van der Waals surface area contributed by atoms with Gasteiger partial charge in [-0.3, -0.25) is 0 Å². The zero-order valence-electron chi connectivity index (χ0n) is 15.8. The van der Waals surface area contributed by atoms with Crippen molar-refractivity contribution in [3.05, 3.63) is 72.2 Å². The van der Waals surface area contributed by atoms with Crippen molar-refractivity contribution in [1.29, 1.82) is 0 Å². The summed E-state index contributed by atoms with van der Waals surface area (Å²) >= 11 is 0. The zero-order valence-corrected chi connectivity index (χ0v) is 15.8. The molecule has 5 rings (SSSR count). The third-order valence-electron chi connectivity index (χ3n) is 6.06. The van der Waals surface area contributed by atoms with E-state index in [-0.39, 0.29) is 5.41 Å². The largest absolute Gasteiger partial charge is 0.495 e. The first-order valence-electron chi connectivity index (χ1n) is 9.54. The molecule has 0 spiro atoms. The number of nitrogens with zero attached hydrogens (tertiary/aromatic N) is 2. The van der Waals surface area contributed by atoms with Crippen molar-refractivity contribution >= 4 is 16.9 Å². The molecule has 1 fully saturated rings. The summed E-state index contributed by atoms with van der Waals surface area (Å²) in [5, 5.41) is 1.25. The molecule has 1 saturated carbocycles. The minimum Gasteiger partial charge on any atom is -0.495 e. The molecule has 0 bridgehead atoms. The maximum atomic E-state index is 5.60. The van der Waals surface area contributed by atoms with Gasteiger partial charge < -0.3 is 15.5 Å². The van der Waals surface area contributed by atoms with E-state index in [1.54, 1.807) is 19.5 Å². The van der Waals surface area contributed by atoms with Crippen LogP contribution in [0.25, 0.3) is 22.0 Å². The van der Waals surface area contributed by atoms with E-state index in [0.29, 0.717) is 5.95 Å². The monoisotopic (exact) mass is 370 g/mol. The number of nitrogen functional groups attached to an aromatic ring is 1. The van der Waals surface area contributed by atoms with Gasteiger partial charge in [-0.25, -0.2) is 9.97 Å². The van der Waals surface area contributed by atoms with Crippen molar-refractivity contribution < 1.29 is 4.74 Å². The van der Waals surface area contributed by atoms with Gasteiger partial charge in [0.2, 0.25) is 5.95 Å². The van der Waals surface area contributed by atoms with Gasteiger partial charge in [0.1, 0.15) is 5.75 Å². The molecule has 2 aromatic carbocycles. The van der Waals surface area contributed by atoms with Crippen LogP contribution in [0.15, 0.2) is 61.1 Å². The fourth-order valence-electron chi connectivity index (χ4n) is 4.41. The van der Waals surface area contributed by atoms with Crippen molar-refractivity contribution in [3.8, 4) is 16.9 Å². The van der Waals surface area contributed by atoms with Gasteiger partial charge in [-0.2, -0.15) is 0 Å². The summed E-state index contributed by atoms with van der Waals surface area (Å²) in [6.07, 6.45) is 9.24. The first-order chi connectivity index (χ1) is 13.7. The highest BCUT2D eigenvalue weighted by Crippen LogP contribution is 2.51. The summed E-state index contributed by atoms with van der Waals surface area (Å²) < 4.78 is 5.53. The van der Waals surface area contributed by atoms with Gasteiger partial charge in [-0.1, -0.05) is 42.8 Å². The number of benzene rings is 2.